The number of halogens is 1. The lowest BCUT2D eigenvalue weighted by Crippen LogP contribution is -2.47. The lowest BCUT2D eigenvalue weighted by Gasteiger charge is -2.35. The third-order valence-corrected chi connectivity index (χ3v) is 3.83. The Labute approximate surface area is 123 Å². The molecule has 0 radical (unpaired) electrons. The zero-order valence-corrected chi connectivity index (χ0v) is 12.1. The first-order valence-electron chi connectivity index (χ1n) is 6.95. The molecule has 1 saturated heterocycles. The van der Waals surface area contributed by atoms with Gasteiger partial charge < -0.3 is 10.4 Å². The van der Waals surface area contributed by atoms with Crippen LogP contribution in [0.3, 0.4) is 0 Å². The molecule has 5 nitrogen and oxygen atoms in total. The number of carbonyl (C=O) groups excluding carboxylic acids is 1. The average Bonchev–Trinajstić information content (AvgIpc) is 2.46. The Kier molecular flexibility index (Phi) is 5.76. The van der Waals surface area contributed by atoms with Crippen LogP contribution >= 0.6 is 11.6 Å². The van der Waals surface area contributed by atoms with Crippen molar-refractivity contribution >= 4 is 17.5 Å². The van der Waals surface area contributed by atoms with Crippen molar-refractivity contribution in [1.82, 2.24) is 15.2 Å². The lowest BCUT2D eigenvalue weighted by atomic mass is 10.0. The quantitative estimate of drug-likeness (QED) is 0.804. The SMILES string of the molecule is O=C(NCC1CCCCN1CCO)c1ccnc(Cl)c1. The van der Waals surface area contributed by atoms with Crippen molar-refractivity contribution in [2.75, 3.05) is 26.2 Å². The second-order valence-electron chi connectivity index (χ2n) is 4.99. The van der Waals surface area contributed by atoms with Crippen LogP contribution in [0.5, 0.6) is 0 Å². The van der Waals surface area contributed by atoms with E-state index in [1.54, 1.807) is 12.1 Å². The maximum absolute atomic E-state index is 12.0. The van der Waals surface area contributed by atoms with Crippen molar-refractivity contribution in [2.45, 2.75) is 25.3 Å². The molecule has 1 amide bonds. The third kappa shape index (κ3) is 4.16. The normalized spacial score (nSPS) is 19.8. The number of amides is 1. The molecule has 2 N–H and O–H groups in total. The molecule has 6 heteroatoms. The van der Waals surface area contributed by atoms with Crippen LogP contribution in [0.1, 0.15) is 29.6 Å². The predicted octanol–water partition coefficient (Wildman–Crippen LogP) is 1.31. The monoisotopic (exact) mass is 297 g/mol. The predicted molar refractivity (Wildman–Crippen MR) is 77.9 cm³/mol. The van der Waals surface area contributed by atoms with Gasteiger partial charge in [-0.1, -0.05) is 18.0 Å². The molecule has 2 heterocycles. The standard InChI is InChI=1S/C14H20ClN3O2/c15-13-9-11(4-5-16-13)14(20)17-10-12-3-1-2-6-18(12)7-8-19/h4-5,9,12,19H,1-3,6-8,10H2,(H,17,20). The van der Waals surface area contributed by atoms with Gasteiger partial charge in [0, 0.05) is 30.9 Å². The Hall–Kier alpha value is -1.17. The smallest absolute Gasteiger partial charge is 0.251 e. The summed E-state index contributed by atoms with van der Waals surface area (Å²) in [6.45, 7) is 2.41. The number of pyridine rings is 1. The minimum absolute atomic E-state index is 0.135. The number of aromatic nitrogens is 1. The van der Waals surface area contributed by atoms with Crippen LogP contribution in [0.15, 0.2) is 18.3 Å². The van der Waals surface area contributed by atoms with Gasteiger partial charge in [0.25, 0.3) is 5.91 Å². The van der Waals surface area contributed by atoms with Crippen LogP contribution in [0.2, 0.25) is 5.15 Å². The number of carbonyl (C=O) groups is 1. The van der Waals surface area contributed by atoms with Gasteiger partial charge in [0.1, 0.15) is 5.15 Å². The van der Waals surface area contributed by atoms with Crippen molar-refractivity contribution in [3.8, 4) is 0 Å². The van der Waals surface area contributed by atoms with Crippen molar-refractivity contribution in [2.24, 2.45) is 0 Å². The van der Waals surface area contributed by atoms with Crippen LogP contribution in [0.4, 0.5) is 0 Å². The molecule has 110 valence electrons. The minimum Gasteiger partial charge on any atom is -0.395 e. The number of rotatable bonds is 5. The van der Waals surface area contributed by atoms with Crippen LogP contribution in [0.25, 0.3) is 0 Å². The van der Waals surface area contributed by atoms with Crippen LogP contribution in [-0.2, 0) is 0 Å². The number of β-amino-alcohol motifs (C(OH)–C–C–N with tert-alkyl or cyclic N) is 1. The largest absolute Gasteiger partial charge is 0.395 e. The summed E-state index contributed by atoms with van der Waals surface area (Å²) < 4.78 is 0. The molecular formula is C14H20ClN3O2. The van der Waals surface area contributed by atoms with Crippen molar-refractivity contribution in [3.63, 3.8) is 0 Å². The fraction of sp³-hybridized carbons (Fsp3) is 0.571. The molecule has 20 heavy (non-hydrogen) atoms. The molecule has 0 spiro atoms. The zero-order chi connectivity index (χ0) is 14.4. The Morgan fingerprint density at radius 3 is 3.15 bits per heavy atom. The minimum atomic E-state index is -0.135. The van der Waals surface area contributed by atoms with Gasteiger partial charge in [-0.05, 0) is 31.5 Å². The third-order valence-electron chi connectivity index (χ3n) is 3.62. The molecule has 1 aromatic heterocycles. The summed E-state index contributed by atoms with van der Waals surface area (Å²) in [5.41, 5.74) is 0.523. The molecule has 0 aromatic carbocycles. The Balaban J connectivity index is 1.88. The van der Waals surface area contributed by atoms with Crippen LogP contribution in [-0.4, -0.2) is 53.2 Å². The van der Waals surface area contributed by atoms with E-state index in [9.17, 15) is 4.79 Å². The number of aliphatic hydroxyl groups is 1. The highest BCUT2D eigenvalue weighted by Crippen LogP contribution is 2.16. The fourth-order valence-electron chi connectivity index (χ4n) is 2.57. The molecule has 0 saturated carbocycles. The number of likely N-dealkylation sites (tertiary alicyclic amines) is 1. The van der Waals surface area contributed by atoms with Gasteiger partial charge in [-0.25, -0.2) is 4.98 Å². The van der Waals surface area contributed by atoms with Crippen molar-refractivity contribution in [1.29, 1.82) is 0 Å². The van der Waals surface area contributed by atoms with Crippen LogP contribution < -0.4 is 5.32 Å². The fourth-order valence-corrected chi connectivity index (χ4v) is 2.74. The first-order valence-corrected chi connectivity index (χ1v) is 7.33. The summed E-state index contributed by atoms with van der Waals surface area (Å²) in [7, 11) is 0. The van der Waals surface area contributed by atoms with E-state index in [0.717, 1.165) is 19.4 Å². The van der Waals surface area contributed by atoms with E-state index in [-0.39, 0.29) is 12.5 Å². The average molecular weight is 298 g/mol. The van der Waals surface area contributed by atoms with E-state index < -0.39 is 0 Å². The first-order chi connectivity index (χ1) is 9.70. The number of hydrogen-bond donors (Lipinski definition) is 2. The number of nitrogens with zero attached hydrogens (tertiary/aromatic N) is 2. The van der Waals surface area contributed by atoms with Gasteiger partial charge in [-0.3, -0.25) is 9.69 Å². The number of aliphatic hydroxyl groups excluding tert-OH is 1. The number of nitrogens with one attached hydrogen (secondary N) is 1. The number of hydrogen-bond acceptors (Lipinski definition) is 4. The second kappa shape index (κ2) is 7.57. The highest BCUT2D eigenvalue weighted by atomic mass is 35.5. The Bertz CT molecular complexity index is 454. The molecule has 0 aliphatic carbocycles. The first kappa shape index (κ1) is 15.2. The molecule has 0 bridgehead atoms. The van der Waals surface area contributed by atoms with E-state index in [0.29, 0.717) is 29.8 Å². The highest BCUT2D eigenvalue weighted by Gasteiger charge is 2.22. The maximum Gasteiger partial charge on any atom is 0.251 e. The van der Waals surface area contributed by atoms with E-state index in [4.69, 9.17) is 16.7 Å². The molecule has 1 aliphatic heterocycles. The van der Waals surface area contributed by atoms with Gasteiger partial charge in [0.2, 0.25) is 0 Å². The highest BCUT2D eigenvalue weighted by molar-refractivity contribution is 6.29. The summed E-state index contributed by atoms with van der Waals surface area (Å²) in [5, 5.41) is 12.3. The molecule has 1 atom stereocenters. The molecule has 2 rings (SSSR count). The van der Waals surface area contributed by atoms with Gasteiger partial charge in [0.05, 0.1) is 6.61 Å². The van der Waals surface area contributed by atoms with Crippen molar-refractivity contribution in [3.05, 3.63) is 29.0 Å². The van der Waals surface area contributed by atoms with Crippen molar-refractivity contribution < 1.29 is 9.90 Å². The van der Waals surface area contributed by atoms with E-state index in [1.807, 2.05) is 0 Å². The van der Waals surface area contributed by atoms with Gasteiger partial charge in [-0.2, -0.15) is 0 Å². The molecule has 1 aliphatic rings. The summed E-state index contributed by atoms with van der Waals surface area (Å²) in [6.07, 6.45) is 4.90. The topological polar surface area (TPSA) is 65.5 Å². The maximum atomic E-state index is 12.0. The van der Waals surface area contributed by atoms with Gasteiger partial charge in [0.15, 0.2) is 0 Å². The van der Waals surface area contributed by atoms with E-state index >= 15 is 0 Å². The van der Waals surface area contributed by atoms with E-state index in [2.05, 4.69) is 15.2 Å². The van der Waals surface area contributed by atoms with Gasteiger partial charge in [-0.15, -0.1) is 0 Å². The molecule has 1 aromatic rings. The molecule has 1 fully saturated rings. The second-order valence-corrected chi connectivity index (χ2v) is 5.37. The lowest BCUT2D eigenvalue weighted by molar-refractivity contribution is 0.0889. The summed E-state index contributed by atoms with van der Waals surface area (Å²) in [4.78, 5) is 18.1. The van der Waals surface area contributed by atoms with E-state index in [1.165, 1.54) is 12.6 Å². The van der Waals surface area contributed by atoms with Gasteiger partial charge >= 0.3 is 0 Å². The molecular weight excluding hydrogens is 278 g/mol. The summed E-state index contributed by atoms with van der Waals surface area (Å²) >= 11 is 5.78. The Morgan fingerprint density at radius 1 is 1.55 bits per heavy atom. The summed E-state index contributed by atoms with van der Waals surface area (Å²) in [5.74, 6) is -0.135. The van der Waals surface area contributed by atoms with Crippen LogP contribution in [0, 0.1) is 0 Å². The molecule has 1 unspecified atom stereocenters. The number of piperidine rings is 1. The summed E-state index contributed by atoms with van der Waals surface area (Å²) in [6, 6.07) is 3.51. The zero-order valence-electron chi connectivity index (χ0n) is 11.4. The Morgan fingerprint density at radius 2 is 2.40 bits per heavy atom.